The van der Waals surface area contributed by atoms with Crippen molar-refractivity contribution in [2.24, 2.45) is 5.92 Å². The summed E-state index contributed by atoms with van der Waals surface area (Å²) < 4.78 is 0. The quantitative estimate of drug-likeness (QED) is 0.396. The predicted molar refractivity (Wildman–Crippen MR) is 127 cm³/mol. The zero-order valence-electron chi connectivity index (χ0n) is 18.2. The van der Waals surface area contributed by atoms with Crippen LogP contribution in [0, 0.1) is 33.6 Å². The van der Waals surface area contributed by atoms with Gasteiger partial charge in [0.25, 0.3) is 0 Å². The average Bonchev–Trinajstić information content (AvgIpc) is 2.68. The van der Waals surface area contributed by atoms with Gasteiger partial charge in [-0.25, -0.2) is 0 Å². The molecular formula is C27H34S. The van der Waals surface area contributed by atoms with Crippen molar-refractivity contribution in [1.29, 1.82) is 0 Å². The molecular weight excluding hydrogens is 356 g/mol. The van der Waals surface area contributed by atoms with Gasteiger partial charge in [0.15, 0.2) is 0 Å². The molecule has 1 aliphatic rings. The molecule has 3 rings (SSSR count). The number of rotatable bonds is 5. The Morgan fingerprint density at radius 3 is 2.39 bits per heavy atom. The molecule has 1 heteroatoms. The molecule has 0 heterocycles. The maximum absolute atomic E-state index is 4.84. The summed E-state index contributed by atoms with van der Waals surface area (Å²) in [6.45, 7) is 15.6. The third-order valence-electron chi connectivity index (χ3n) is 6.62. The molecule has 28 heavy (non-hydrogen) atoms. The first-order valence-corrected chi connectivity index (χ1v) is 11.0. The van der Waals surface area contributed by atoms with Crippen molar-refractivity contribution in [3.05, 3.63) is 87.0 Å². The molecule has 1 unspecified atom stereocenters. The van der Waals surface area contributed by atoms with Crippen molar-refractivity contribution in [3.8, 4) is 0 Å². The van der Waals surface area contributed by atoms with E-state index in [0.717, 1.165) is 11.3 Å². The first kappa shape index (κ1) is 21.0. The third kappa shape index (κ3) is 4.46. The van der Waals surface area contributed by atoms with Crippen molar-refractivity contribution in [2.75, 3.05) is 0 Å². The molecule has 0 fully saturated rings. The first-order chi connectivity index (χ1) is 13.3. The fraction of sp³-hybridized carbons (Fsp3) is 0.407. The van der Waals surface area contributed by atoms with Crippen LogP contribution in [0.2, 0.25) is 0 Å². The molecule has 0 aliphatic heterocycles. The van der Waals surface area contributed by atoms with Crippen LogP contribution in [0.15, 0.2) is 42.5 Å². The summed E-state index contributed by atoms with van der Waals surface area (Å²) in [7, 11) is 0. The minimum absolute atomic E-state index is 0.295. The standard InChI is InChI=1S/C27H34S/c1-17(14-26-20(4)13-19(3)21(5)22(26)6)18(2)15-27(28)25-12-11-23-9-7-8-10-24(23)16-25/h11-13,15-16,18,28H,1,7-10,14H2,2-6H3/b27-15-. The van der Waals surface area contributed by atoms with E-state index in [1.807, 2.05) is 0 Å². The van der Waals surface area contributed by atoms with Crippen molar-refractivity contribution in [2.45, 2.75) is 66.7 Å². The average molecular weight is 391 g/mol. The second kappa shape index (κ2) is 8.74. The number of thiol groups is 1. The minimum atomic E-state index is 0.295. The van der Waals surface area contributed by atoms with Crippen LogP contribution < -0.4 is 0 Å². The molecule has 2 aromatic rings. The van der Waals surface area contributed by atoms with E-state index < -0.39 is 0 Å². The van der Waals surface area contributed by atoms with E-state index in [9.17, 15) is 0 Å². The SMILES string of the molecule is C=C(Cc1c(C)cc(C)c(C)c1C)C(C)/C=C(\S)c1ccc2c(c1)CCCC2. The van der Waals surface area contributed by atoms with E-state index in [1.165, 1.54) is 75.8 Å². The van der Waals surface area contributed by atoms with Crippen LogP contribution in [0.5, 0.6) is 0 Å². The molecule has 1 atom stereocenters. The largest absolute Gasteiger partial charge is 0.143 e. The Hall–Kier alpha value is -1.73. The van der Waals surface area contributed by atoms with Crippen molar-refractivity contribution < 1.29 is 0 Å². The van der Waals surface area contributed by atoms with Crippen molar-refractivity contribution in [1.82, 2.24) is 0 Å². The predicted octanol–water partition coefficient (Wildman–Crippen LogP) is 7.50. The highest BCUT2D eigenvalue weighted by molar-refractivity contribution is 7.90. The van der Waals surface area contributed by atoms with Crippen LogP contribution in [0.4, 0.5) is 0 Å². The topological polar surface area (TPSA) is 0 Å². The zero-order chi connectivity index (χ0) is 20.4. The molecule has 0 bridgehead atoms. The lowest BCUT2D eigenvalue weighted by Crippen LogP contribution is -2.05. The van der Waals surface area contributed by atoms with Gasteiger partial charge in [-0.1, -0.05) is 49.4 Å². The van der Waals surface area contributed by atoms with Gasteiger partial charge in [0.2, 0.25) is 0 Å². The highest BCUT2D eigenvalue weighted by Crippen LogP contribution is 2.30. The van der Waals surface area contributed by atoms with Crippen LogP contribution in [0.3, 0.4) is 0 Å². The molecule has 0 radical (unpaired) electrons. The van der Waals surface area contributed by atoms with Gasteiger partial charge in [-0.05, 0) is 110 Å². The minimum Gasteiger partial charge on any atom is -0.143 e. The van der Waals surface area contributed by atoms with Gasteiger partial charge < -0.3 is 0 Å². The fourth-order valence-corrected chi connectivity index (χ4v) is 4.70. The monoisotopic (exact) mass is 390 g/mol. The van der Waals surface area contributed by atoms with Gasteiger partial charge in [0, 0.05) is 4.91 Å². The Kier molecular flexibility index (Phi) is 6.55. The Balaban J connectivity index is 1.78. The van der Waals surface area contributed by atoms with E-state index >= 15 is 0 Å². The smallest absolute Gasteiger partial charge is 0.00786 e. The maximum atomic E-state index is 4.84. The number of hydrogen-bond donors (Lipinski definition) is 1. The highest BCUT2D eigenvalue weighted by Gasteiger charge is 2.14. The first-order valence-electron chi connectivity index (χ1n) is 10.5. The summed E-state index contributed by atoms with van der Waals surface area (Å²) in [5, 5.41) is 0. The van der Waals surface area contributed by atoms with Crippen LogP contribution in [0.1, 0.15) is 64.3 Å². The number of allylic oxidation sites excluding steroid dienone is 2. The lowest BCUT2D eigenvalue weighted by atomic mass is 9.87. The van der Waals surface area contributed by atoms with E-state index in [0.29, 0.717) is 5.92 Å². The summed E-state index contributed by atoms with van der Waals surface area (Å²) in [6, 6.07) is 9.19. The van der Waals surface area contributed by atoms with Crippen molar-refractivity contribution >= 4 is 17.5 Å². The summed E-state index contributed by atoms with van der Waals surface area (Å²) in [5.41, 5.74) is 12.5. The molecule has 0 spiro atoms. The number of benzene rings is 2. The highest BCUT2D eigenvalue weighted by atomic mass is 32.1. The molecule has 0 nitrogen and oxygen atoms in total. The summed E-state index contributed by atoms with van der Waals surface area (Å²) >= 11 is 4.84. The molecule has 0 N–H and O–H groups in total. The zero-order valence-corrected chi connectivity index (χ0v) is 19.0. The Morgan fingerprint density at radius 2 is 1.68 bits per heavy atom. The molecule has 1 aliphatic carbocycles. The summed E-state index contributed by atoms with van der Waals surface area (Å²) in [4.78, 5) is 1.07. The number of fused-ring (bicyclic) bond motifs is 1. The van der Waals surface area contributed by atoms with Gasteiger partial charge in [0.1, 0.15) is 0 Å². The molecule has 0 amide bonds. The normalized spacial score (nSPS) is 15.3. The van der Waals surface area contributed by atoms with Crippen LogP contribution in [-0.4, -0.2) is 0 Å². The van der Waals surface area contributed by atoms with Gasteiger partial charge in [0.05, 0.1) is 0 Å². The van der Waals surface area contributed by atoms with E-state index in [4.69, 9.17) is 12.6 Å². The Labute approximate surface area is 177 Å². The second-order valence-electron chi connectivity index (χ2n) is 8.61. The van der Waals surface area contributed by atoms with Crippen LogP contribution in [0.25, 0.3) is 4.91 Å². The van der Waals surface area contributed by atoms with Crippen LogP contribution >= 0.6 is 12.6 Å². The third-order valence-corrected chi connectivity index (χ3v) is 7.02. The van der Waals surface area contributed by atoms with Gasteiger partial charge >= 0.3 is 0 Å². The second-order valence-corrected chi connectivity index (χ2v) is 9.09. The lowest BCUT2D eigenvalue weighted by Gasteiger charge is -2.19. The number of hydrogen-bond acceptors (Lipinski definition) is 1. The fourth-order valence-electron chi connectivity index (χ4n) is 4.34. The molecule has 0 saturated heterocycles. The van der Waals surface area contributed by atoms with Gasteiger partial charge in [-0.3, -0.25) is 0 Å². The van der Waals surface area contributed by atoms with Crippen LogP contribution in [-0.2, 0) is 19.3 Å². The van der Waals surface area contributed by atoms with Gasteiger partial charge in [-0.2, -0.15) is 0 Å². The van der Waals surface area contributed by atoms with E-state index in [-0.39, 0.29) is 0 Å². The van der Waals surface area contributed by atoms with Gasteiger partial charge in [-0.15, -0.1) is 12.6 Å². The Morgan fingerprint density at radius 1 is 1.00 bits per heavy atom. The van der Waals surface area contributed by atoms with E-state index in [2.05, 4.69) is 71.5 Å². The van der Waals surface area contributed by atoms with E-state index in [1.54, 1.807) is 0 Å². The molecule has 2 aromatic carbocycles. The molecule has 0 saturated carbocycles. The number of aryl methyl sites for hydroxylation is 4. The van der Waals surface area contributed by atoms with Crippen molar-refractivity contribution in [3.63, 3.8) is 0 Å². The summed E-state index contributed by atoms with van der Waals surface area (Å²) in [6.07, 6.45) is 8.26. The maximum Gasteiger partial charge on any atom is 0.00786 e. The lowest BCUT2D eigenvalue weighted by molar-refractivity contribution is 0.685. The molecule has 148 valence electrons. The Bertz CT molecular complexity index is 930. The molecule has 0 aromatic heterocycles. The summed E-state index contributed by atoms with van der Waals surface area (Å²) in [5.74, 6) is 0.295.